The van der Waals surface area contributed by atoms with Crippen LogP contribution in [0, 0.1) is 62.0 Å². The van der Waals surface area contributed by atoms with Gasteiger partial charge in [0.2, 0.25) is 17.1 Å². The summed E-state index contributed by atoms with van der Waals surface area (Å²) in [5.74, 6) is -3.93. The molecule has 2 aromatic rings. The summed E-state index contributed by atoms with van der Waals surface area (Å²) in [6, 6.07) is 16.2. The van der Waals surface area contributed by atoms with Crippen LogP contribution in [0.15, 0.2) is 46.9 Å². The van der Waals surface area contributed by atoms with Crippen LogP contribution in [0.1, 0.15) is 24.2 Å². The third kappa shape index (κ3) is 2.52. The van der Waals surface area contributed by atoms with Gasteiger partial charge in [-0.25, -0.2) is 4.39 Å². The molecule has 4 rings (SSSR count). The van der Waals surface area contributed by atoms with Crippen molar-refractivity contribution in [3.63, 3.8) is 0 Å². The zero-order valence-corrected chi connectivity index (χ0v) is 18.3. The Bertz CT molecular complexity index is 1220. The van der Waals surface area contributed by atoms with E-state index in [2.05, 4.69) is 15.9 Å². The molecule has 2 aliphatic rings. The molecule has 4 unspecified atom stereocenters. The molecular weight excluding hydrogens is 487 g/mol. The van der Waals surface area contributed by atoms with Crippen molar-refractivity contribution in [1.29, 1.82) is 21.2 Å². The van der Waals surface area contributed by atoms with Crippen molar-refractivity contribution in [3.8, 4) is 18.2 Å². The molecule has 4 atom stereocenters. The van der Waals surface area contributed by atoms with Gasteiger partial charge in [-0.15, -0.1) is 0 Å². The molecule has 31 heavy (non-hydrogen) atoms. The van der Waals surface area contributed by atoms with Crippen LogP contribution in [0.5, 0.6) is 0 Å². The molecule has 0 aliphatic carbocycles. The lowest BCUT2D eigenvalue weighted by molar-refractivity contribution is -0.289. The number of nitriles is 3. The molecule has 0 radical (unpaired) electrons. The predicted molar refractivity (Wildman–Crippen MR) is 111 cm³/mol. The number of hydrogen-bond acceptors (Lipinski definition) is 6. The SMILES string of the molecule is CC1C2(c3ccc(Cl)cc3)OC(=N)C1(C#N)C(C#N)(C#N)C(c1cc(Br)ccc1F)O2. The molecule has 9 heteroatoms. The first-order valence-corrected chi connectivity index (χ1v) is 10.3. The van der Waals surface area contributed by atoms with Crippen LogP contribution < -0.4 is 0 Å². The van der Waals surface area contributed by atoms with E-state index in [4.69, 9.17) is 26.5 Å². The van der Waals surface area contributed by atoms with E-state index in [-0.39, 0.29) is 5.56 Å². The summed E-state index contributed by atoms with van der Waals surface area (Å²) in [5.41, 5.74) is -3.92. The number of nitrogens with one attached hydrogen (secondary N) is 1. The molecule has 0 saturated carbocycles. The van der Waals surface area contributed by atoms with E-state index in [1.807, 2.05) is 18.2 Å². The predicted octanol–water partition coefficient (Wildman–Crippen LogP) is 5.35. The van der Waals surface area contributed by atoms with Crippen molar-refractivity contribution in [3.05, 3.63) is 68.9 Å². The Morgan fingerprint density at radius 2 is 1.74 bits per heavy atom. The second kappa shape index (κ2) is 7.04. The Labute approximate surface area is 191 Å². The molecule has 2 fully saturated rings. The van der Waals surface area contributed by atoms with Crippen LogP contribution in [0.25, 0.3) is 0 Å². The van der Waals surface area contributed by atoms with Gasteiger partial charge in [0.25, 0.3) is 0 Å². The summed E-state index contributed by atoms with van der Waals surface area (Å²) in [5, 5.41) is 39.6. The zero-order chi connectivity index (χ0) is 22.6. The lowest BCUT2D eigenvalue weighted by Crippen LogP contribution is -2.57. The average molecular weight is 500 g/mol. The Kier molecular flexibility index (Phi) is 4.83. The van der Waals surface area contributed by atoms with Crippen LogP contribution in [-0.4, -0.2) is 5.90 Å². The van der Waals surface area contributed by atoms with Crippen LogP contribution >= 0.6 is 27.5 Å². The minimum Gasteiger partial charge on any atom is -0.443 e. The highest BCUT2D eigenvalue weighted by atomic mass is 79.9. The molecule has 1 N–H and O–H groups in total. The number of rotatable bonds is 2. The summed E-state index contributed by atoms with van der Waals surface area (Å²) < 4.78 is 27.5. The number of benzene rings is 2. The lowest BCUT2D eigenvalue weighted by atomic mass is 9.53. The number of fused-ring (bicyclic) bond motifs is 2. The number of halogens is 3. The van der Waals surface area contributed by atoms with Crippen LogP contribution in [0.2, 0.25) is 5.02 Å². The van der Waals surface area contributed by atoms with E-state index in [1.54, 1.807) is 31.2 Å². The van der Waals surface area contributed by atoms with Gasteiger partial charge in [-0.2, -0.15) is 15.8 Å². The van der Waals surface area contributed by atoms with Crippen molar-refractivity contribution in [2.75, 3.05) is 0 Å². The first kappa shape index (κ1) is 21.3. The van der Waals surface area contributed by atoms with Gasteiger partial charge < -0.3 is 9.47 Å². The summed E-state index contributed by atoms with van der Waals surface area (Å²) in [6.45, 7) is 1.58. The van der Waals surface area contributed by atoms with E-state index in [0.717, 1.165) is 0 Å². The Hall–Kier alpha value is -2.96. The third-order valence-electron chi connectivity index (χ3n) is 6.16. The average Bonchev–Trinajstić information content (AvgIpc) is 2.92. The molecule has 2 aromatic carbocycles. The molecule has 6 nitrogen and oxygen atoms in total. The number of hydrogen-bond donors (Lipinski definition) is 1. The third-order valence-corrected chi connectivity index (χ3v) is 6.90. The summed E-state index contributed by atoms with van der Waals surface area (Å²) in [6.07, 6.45) is -1.52. The fourth-order valence-corrected chi connectivity index (χ4v) is 5.05. The Morgan fingerprint density at radius 3 is 2.32 bits per heavy atom. The molecule has 0 spiro atoms. The Balaban J connectivity index is 2.07. The number of ether oxygens (including phenoxy) is 2. The summed E-state index contributed by atoms with van der Waals surface area (Å²) >= 11 is 9.27. The van der Waals surface area contributed by atoms with Crippen LogP contribution in [0.3, 0.4) is 0 Å². The van der Waals surface area contributed by atoms with Gasteiger partial charge in [0, 0.05) is 20.6 Å². The van der Waals surface area contributed by atoms with Crippen molar-refractivity contribution in [2.24, 2.45) is 16.7 Å². The lowest BCUT2D eigenvalue weighted by Gasteiger charge is -2.48. The first-order valence-electron chi connectivity index (χ1n) is 9.13. The fourth-order valence-electron chi connectivity index (χ4n) is 4.54. The normalized spacial score (nSPS) is 30.5. The van der Waals surface area contributed by atoms with E-state index >= 15 is 0 Å². The van der Waals surface area contributed by atoms with E-state index in [1.165, 1.54) is 18.2 Å². The molecule has 2 bridgehead atoms. The maximum Gasteiger partial charge on any atom is 0.244 e. The van der Waals surface area contributed by atoms with Gasteiger partial charge in [0.1, 0.15) is 11.9 Å². The van der Waals surface area contributed by atoms with Crippen LogP contribution in [0.4, 0.5) is 4.39 Å². The van der Waals surface area contributed by atoms with E-state index in [0.29, 0.717) is 15.1 Å². The second-order valence-electron chi connectivity index (χ2n) is 7.44. The van der Waals surface area contributed by atoms with Gasteiger partial charge in [-0.1, -0.05) is 46.6 Å². The molecule has 154 valence electrons. The van der Waals surface area contributed by atoms with E-state index < -0.39 is 40.4 Å². The van der Waals surface area contributed by atoms with Gasteiger partial charge in [0.05, 0.1) is 24.1 Å². The van der Waals surface area contributed by atoms with Crippen molar-refractivity contribution in [2.45, 2.75) is 18.8 Å². The van der Waals surface area contributed by atoms with Crippen molar-refractivity contribution < 1.29 is 13.9 Å². The van der Waals surface area contributed by atoms with Crippen molar-refractivity contribution in [1.82, 2.24) is 0 Å². The standard InChI is InChI=1S/C22H13BrClFN4O2/c1-12-21(11-28)19(29)31-22(12,13-2-5-15(24)6-3-13)30-18(20(21,9-26)10-27)16-8-14(23)4-7-17(16)25/h2-8,12,18,29H,1H3. The fraction of sp³-hybridized carbons (Fsp3) is 0.273. The van der Waals surface area contributed by atoms with E-state index in [9.17, 15) is 20.2 Å². The molecule has 2 heterocycles. The molecule has 0 aromatic heterocycles. The smallest absolute Gasteiger partial charge is 0.244 e. The zero-order valence-electron chi connectivity index (χ0n) is 16.0. The minimum atomic E-state index is -2.24. The maximum absolute atomic E-state index is 14.9. The molecular formula is C22H13BrClFN4O2. The van der Waals surface area contributed by atoms with Gasteiger partial charge in [-0.05, 0) is 30.3 Å². The highest BCUT2D eigenvalue weighted by molar-refractivity contribution is 9.10. The highest BCUT2D eigenvalue weighted by Crippen LogP contribution is 2.69. The van der Waals surface area contributed by atoms with Gasteiger partial charge in [0.15, 0.2) is 5.41 Å². The monoisotopic (exact) mass is 498 g/mol. The second-order valence-corrected chi connectivity index (χ2v) is 8.79. The highest BCUT2D eigenvalue weighted by Gasteiger charge is 2.80. The quantitative estimate of drug-likeness (QED) is 0.598. The minimum absolute atomic E-state index is 0.0966. The van der Waals surface area contributed by atoms with Gasteiger partial charge >= 0.3 is 0 Å². The van der Waals surface area contributed by atoms with Gasteiger partial charge in [-0.3, -0.25) is 5.41 Å². The summed E-state index contributed by atoms with van der Waals surface area (Å²) in [4.78, 5) is 0. The molecule has 2 aliphatic heterocycles. The number of nitrogens with zero attached hydrogens (tertiary/aromatic N) is 3. The molecule has 2 saturated heterocycles. The van der Waals surface area contributed by atoms with Crippen molar-refractivity contribution >= 4 is 33.4 Å². The maximum atomic E-state index is 14.9. The first-order chi connectivity index (χ1) is 14.7. The van der Waals surface area contributed by atoms with Crippen LogP contribution in [-0.2, 0) is 15.3 Å². The largest absolute Gasteiger partial charge is 0.443 e. The summed E-state index contributed by atoms with van der Waals surface area (Å²) in [7, 11) is 0. The Morgan fingerprint density at radius 1 is 1.10 bits per heavy atom. The molecule has 0 amide bonds. The topological polar surface area (TPSA) is 114 Å².